The van der Waals surface area contributed by atoms with E-state index in [4.69, 9.17) is 4.74 Å². The smallest absolute Gasteiger partial charge is 0.305 e. The lowest BCUT2D eigenvalue weighted by Crippen LogP contribution is -2.15. The zero-order valence-corrected chi connectivity index (χ0v) is 15.1. The predicted molar refractivity (Wildman–Crippen MR) is 102 cm³/mol. The second-order valence-corrected chi connectivity index (χ2v) is 5.98. The van der Waals surface area contributed by atoms with E-state index in [0.29, 0.717) is 13.0 Å². The van der Waals surface area contributed by atoms with Gasteiger partial charge in [-0.15, -0.1) is 0 Å². The van der Waals surface area contributed by atoms with Crippen LogP contribution in [0.5, 0.6) is 5.75 Å². The van der Waals surface area contributed by atoms with E-state index in [-0.39, 0.29) is 5.97 Å². The summed E-state index contributed by atoms with van der Waals surface area (Å²) < 4.78 is 10.7. The second kappa shape index (κ2) is 10.5. The fourth-order valence-corrected chi connectivity index (χ4v) is 2.72. The molecule has 2 rings (SSSR count). The molecule has 0 bridgehead atoms. The molecule has 0 fully saturated rings. The number of hydrogen-bond donors (Lipinski definition) is 1. The largest absolute Gasteiger partial charge is 0.489 e. The monoisotopic (exact) mass is 341 g/mol. The Kier molecular flexibility index (Phi) is 7.99. The van der Waals surface area contributed by atoms with Crippen molar-refractivity contribution in [3.63, 3.8) is 0 Å². The number of ether oxygens (including phenoxy) is 2. The van der Waals surface area contributed by atoms with Gasteiger partial charge in [0.1, 0.15) is 12.4 Å². The third-order valence-electron chi connectivity index (χ3n) is 4.06. The maximum atomic E-state index is 11.1. The molecule has 0 atom stereocenters. The maximum absolute atomic E-state index is 11.1. The zero-order chi connectivity index (χ0) is 17.9. The number of carbonyl (C=O) groups excluding carboxylic acids is 1. The van der Waals surface area contributed by atoms with Crippen molar-refractivity contribution in [3.05, 3.63) is 54.1 Å². The highest BCUT2D eigenvalue weighted by Gasteiger charge is 2.04. The summed E-state index contributed by atoms with van der Waals surface area (Å²) in [5.41, 5.74) is 1.22. The molecule has 0 heterocycles. The summed E-state index contributed by atoms with van der Waals surface area (Å²) in [6.45, 7) is 1.35. The van der Waals surface area contributed by atoms with E-state index >= 15 is 0 Å². The lowest BCUT2D eigenvalue weighted by atomic mass is 10.1. The summed E-state index contributed by atoms with van der Waals surface area (Å²) in [6.07, 6.45) is 5.45. The average Bonchev–Trinajstić information content (AvgIpc) is 2.65. The Hall–Kier alpha value is -2.33. The van der Waals surface area contributed by atoms with Gasteiger partial charge in [-0.05, 0) is 43.3 Å². The normalized spacial score (nSPS) is 11.5. The number of nitrogens with one attached hydrogen (secondary N) is 1. The van der Waals surface area contributed by atoms with Gasteiger partial charge in [-0.25, -0.2) is 0 Å². The Balaban J connectivity index is 1.90. The third kappa shape index (κ3) is 6.24. The number of hydrogen-bond acceptors (Lipinski definition) is 4. The van der Waals surface area contributed by atoms with Crippen molar-refractivity contribution in [3.8, 4) is 5.75 Å². The Bertz CT molecular complexity index is 704. The third-order valence-corrected chi connectivity index (χ3v) is 4.06. The fraction of sp³-hybridized carbons (Fsp3) is 0.381. The highest BCUT2D eigenvalue weighted by molar-refractivity contribution is 5.88. The lowest BCUT2D eigenvalue weighted by Gasteiger charge is -2.12. The summed E-state index contributed by atoms with van der Waals surface area (Å²) in [5.74, 6) is 0.768. The van der Waals surface area contributed by atoms with E-state index in [9.17, 15) is 4.79 Å². The average molecular weight is 341 g/mol. The minimum absolute atomic E-state index is 0.140. The highest BCUT2D eigenvalue weighted by Crippen LogP contribution is 2.25. The molecule has 1 N–H and O–H groups in total. The molecule has 0 aliphatic carbocycles. The van der Waals surface area contributed by atoms with Crippen molar-refractivity contribution in [1.82, 2.24) is 5.32 Å². The number of carbonyl (C=O) groups is 1. The van der Waals surface area contributed by atoms with Gasteiger partial charge in [0.15, 0.2) is 0 Å². The SMILES string of the molecule is CNC/C(=C/CCCCC(=O)OC)COc1cccc2ccccc12. The molecule has 4 heteroatoms. The van der Waals surface area contributed by atoms with Gasteiger partial charge in [-0.3, -0.25) is 4.79 Å². The number of methoxy groups -OCH3 is 1. The first kappa shape index (κ1) is 19.0. The molecule has 0 amide bonds. The van der Waals surface area contributed by atoms with Crippen LogP contribution >= 0.6 is 0 Å². The number of rotatable bonds is 10. The fourth-order valence-electron chi connectivity index (χ4n) is 2.72. The molecule has 0 radical (unpaired) electrons. The van der Waals surface area contributed by atoms with Crippen LogP contribution in [0.15, 0.2) is 54.1 Å². The molecule has 25 heavy (non-hydrogen) atoms. The Morgan fingerprint density at radius 3 is 2.72 bits per heavy atom. The van der Waals surface area contributed by atoms with Crippen molar-refractivity contribution >= 4 is 16.7 Å². The minimum atomic E-state index is -0.140. The van der Waals surface area contributed by atoms with Gasteiger partial charge in [0.2, 0.25) is 0 Å². The van der Waals surface area contributed by atoms with Gasteiger partial charge in [0, 0.05) is 18.4 Å². The molecule has 0 spiro atoms. The Morgan fingerprint density at radius 1 is 1.12 bits per heavy atom. The topological polar surface area (TPSA) is 47.6 Å². The summed E-state index contributed by atoms with van der Waals surface area (Å²) in [7, 11) is 3.36. The number of unbranched alkanes of at least 4 members (excludes halogenated alkanes) is 2. The zero-order valence-electron chi connectivity index (χ0n) is 15.1. The van der Waals surface area contributed by atoms with E-state index in [0.717, 1.165) is 36.9 Å². The van der Waals surface area contributed by atoms with E-state index in [1.54, 1.807) is 0 Å². The van der Waals surface area contributed by atoms with Crippen molar-refractivity contribution in [2.75, 3.05) is 27.3 Å². The molecule has 0 saturated heterocycles. The van der Waals surface area contributed by atoms with Gasteiger partial charge >= 0.3 is 5.97 Å². The highest BCUT2D eigenvalue weighted by atomic mass is 16.5. The van der Waals surface area contributed by atoms with Crippen LogP contribution in [0.25, 0.3) is 10.8 Å². The number of likely N-dealkylation sites (N-methyl/N-ethyl adjacent to an activating group) is 1. The van der Waals surface area contributed by atoms with Crippen LogP contribution in [0, 0.1) is 0 Å². The van der Waals surface area contributed by atoms with Gasteiger partial charge < -0.3 is 14.8 Å². The molecular weight excluding hydrogens is 314 g/mol. The number of benzene rings is 2. The summed E-state index contributed by atoms with van der Waals surface area (Å²) in [4.78, 5) is 11.1. The molecule has 0 unspecified atom stereocenters. The van der Waals surface area contributed by atoms with Crippen LogP contribution in [0.1, 0.15) is 25.7 Å². The lowest BCUT2D eigenvalue weighted by molar-refractivity contribution is -0.140. The van der Waals surface area contributed by atoms with E-state index in [1.807, 2.05) is 31.3 Å². The van der Waals surface area contributed by atoms with Crippen LogP contribution in [0.2, 0.25) is 0 Å². The summed E-state index contributed by atoms with van der Waals surface area (Å²) in [6, 6.07) is 14.4. The summed E-state index contributed by atoms with van der Waals surface area (Å²) in [5, 5.41) is 5.50. The van der Waals surface area contributed by atoms with Crippen LogP contribution in [0.4, 0.5) is 0 Å². The molecule has 2 aromatic rings. The first-order valence-electron chi connectivity index (χ1n) is 8.74. The van der Waals surface area contributed by atoms with E-state index < -0.39 is 0 Å². The molecule has 4 nitrogen and oxygen atoms in total. The van der Waals surface area contributed by atoms with Gasteiger partial charge in [-0.1, -0.05) is 42.5 Å². The molecule has 2 aromatic carbocycles. The Labute approximate surface area is 149 Å². The van der Waals surface area contributed by atoms with Crippen molar-refractivity contribution in [2.45, 2.75) is 25.7 Å². The quantitative estimate of drug-likeness (QED) is 0.401. The molecule has 0 aliphatic heterocycles. The first-order chi connectivity index (χ1) is 12.2. The molecule has 0 aromatic heterocycles. The second-order valence-electron chi connectivity index (χ2n) is 5.98. The van der Waals surface area contributed by atoms with Crippen LogP contribution < -0.4 is 10.1 Å². The van der Waals surface area contributed by atoms with Crippen LogP contribution in [0.3, 0.4) is 0 Å². The number of allylic oxidation sites excluding steroid dienone is 1. The van der Waals surface area contributed by atoms with Crippen LogP contribution in [-0.2, 0) is 9.53 Å². The summed E-state index contributed by atoms with van der Waals surface area (Å²) >= 11 is 0. The van der Waals surface area contributed by atoms with Gasteiger partial charge in [0.05, 0.1) is 7.11 Å². The molecular formula is C21H27NO3. The maximum Gasteiger partial charge on any atom is 0.305 e. The molecule has 0 aliphatic rings. The van der Waals surface area contributed by atoms with Gasteiger partial charge in [-0.2, -0.15) is 0 Å². The van der Waals surface area contributed by atoms with E-state index in [1.165, 1.54) is 18.1 Å². The van der Waals surface area contributed by atoms with E-state index in [2.05, 4.69) is 34.3 Å². The minimum Gasteiger partial charge on any atom is -0.489 e. The Morgan fingerprint density at radius 2 is 1.92 bits per heavy atom. The van der Waals surface area contributed by atoms with Gasteiger partial charge in [0.25, 0.3) is 0 Å². The molecule has 0 saturated carbocycles. The molecule has 134 valence electrons. The number of fused-ring (bicyclic) bond motifs is 1. The first-order valence-corrected chi connectivity index (χ1v) is 8.74. The number of esters is 1. The predicted octanol–water partition coefficient (Wildman–Crippen LogP) is 4.10. The van der Waals surface area contributed by atoms with Crippen molar-refractivity contribution in [2.24, 2.45) is 0 Å². The standard InChI is InChI=1S/C21H27NO3/c1-22-15-17(9-4-3-5-14-21(23)24-2)16-25-20-13-8-11-18-10-6-7-12-19(18)20/h6-13,22H,3-5,14-16H2,1-2H3/b17-9-. The van der Waals surface area contributed by atoms with Crippen molar-refractivity contribution in [1.29, 1.82) is 0 Å². The van der Waals surface area contributed by atoms with Crippen molar-refractivity contribution < 1.29 is 14.3 Å². The van der Waals surface area contributed by atoms with Crippen LogP contribution in [-0.4, -0.2) is 33.3 Å².